The van der Waals surface area contributed by atoms with Gasteiger partial charge in [-0.25, -0.2) is 0 Å². The summed E-state index contributed by atoms with van der Waals surface area (Å²) in [6.07, 6.45) is 1.27. The number of ether oxygens (including phenoxy) is 1. The molecule has 0 amide bonds. The molecule has 0 spiro atoms. The van der Waals surface area contributed by atoms with Crippen LogP contribution in [0.3, 0.4) is 0 Å². The van der Waals surface area contributed by atoms with Crippen molar-refractivity contribution < 1.29 is 4.74 Å². The van der Waals surface area contributed by atoms with Gasteiger partial charge >= 0.3 is 0 Å². The van der Waals surface area contributed by atoms with E-state index in [2.05, 4.69) is 24.3 Å². The van der Waals surface area contributed by atoms with Crippen LogP contribution in [0.2, 0.25) is 0 Å². The normalized spacial score (nSPS) is 13.9. The monoisotopic (exact) mass is 160 g/mol. The lowest BCUT2D eigenvalue weighted by Gasteiger charge is -2.13. The summed E-state index contributed by atoms with van der Waals surface area (Å²) in [7, 11) is 6.04. The molecule has 68 valence electrons. The number of hydrogen-bond donors (Lipinski definition) is 1. The Morgan fingerprint density at radius 1 is 1.45 bits per heavy atom. The highest BCUT2D eigenvalue weighted by Crippen LogP contribution is 1.88. The summed E-state index contributed by atoms with van der Waals surface area (Å²) in [5.74, 6) is 0. The van der Waals surface area contributed by atoms with Crippen molar-refractivity contribution in [1.82, 2.24) is 10.2 Å². The number of rotatable bonds is 6. The molecule has 3 heteroatoms. The first-order valence-electron chi connectivity index (χ1n) is 4.10. The van der Waals surface area contributed by atoms with Crippen LogP contribution >= 0.6 is 0 Å². The van der Waals surface area contributed by atoms with Crippen molar-refractivity contribution in [2.24, 2.45) is 0 Å². The topological polar surface area (TPSA) is 24.5 Å². The van der Waals surface area contributed by atoms with Gasteiger partial charge in [0.15, 0.2) is 0 Å². The van der Waals surface area contributed by atoms with E-state index in [1.54, 1.807) is 0 Å². The number of nitrogens with zero attached hydrogens (tertiary/aromatic N) is 1. The molecule has 0 radical (unpaired) electrons. The lowest BCUT2D eigenvalue weighted by atomic mass is 10.4. The predicted molar refractivity (Wildman–Crippen MR) is 47.6 cm³/mol. The minimum absolute atomic E-state index is 0.178. The number of nitrogens with one attached hydrogen (secondary N) is 1. The molecule has 0 aromatic rings. The third-order valence-corrected chi connectivity index (χ3v) is 1.52. The summed E-state index contributed by atoms with van der Waals surface area (Å²) in [4.78, 5) is 2.16. The maximum atomic E-state index is 5.40. The first-order valence-corrected chi connectivity index (χ1v) is 4.10. The van der Waals surface area contributed by atoms with E-state index in [0.717, 1.165) is 19.6 Å². The van der Waals surface area contributed by atoms with Crippen molar-refractivity contribution in [2.45, 2.75) is 19.6 Å². The van der Waals surface area contributed by atoms with Crippen molar-refractivity contribution >= 4 is 0 Å². The molecule has 0 aliphatic heterocycles. The lowest BCUT2D eigenvalue weighted by molar-refractivity contribution is 0.0440. The van der Waals surface area contributed by atoms with Gasteiger partial charge in [0.05, 0.1) is 0 Å². The van der Waals surface area contributed by atoms with Gasteiger partial charge in [-0.1, -0.05) is 0 Å². The maximum absolute atomic E-state index is 5.40. The summed E-state index contributed by atoms with van der Waals surface area (Å²) < 4.78 is 5.40. The highest BCUT2D eigenvalue weighted by Gasteiger charge is 1.96. The second-order valence-electron chi connectivity index (χ2n) is 2.96. The summed E-state index contributed by atoms with van der Waals surface area (Å²) in [6, 6.07) is 0. The van der Waals surface area contributed by atoms with Crippen molar-refractivity contribution in [3.8, 4) is 0 Å². The van der Waals surface area contributed by atoms with E-state index >= 15 is 0 Å². The van der Waals surface area contributed by atoms with E-state index < -0.39 is 0 Å². The lowest BCUT2D eigenvalue weighted by Crippen LogP contribution is -2.26. The Bertz CT molecular complexity index is 86.2. The molecule has 0 rings (SSSR count). The Hall–Kier alpha value is -0.120. The van der Waals surface area contributed by atoms with Gasteiger partial charge in [0.1, 0.15) is 6.23 Å². The Balaban J connectivity index is 3.01. The SMILES string of the molecule is CNC(C)OCCCN(C)C. The fraction of sp³-hybridized carbons (Fsp3) is 1.00. The summed E-state index contributed by atoms with van der Waals surface area (Å²) in [5.41, 5.74) is 0. The summed E-state index contributed by atoms with van der Waals surface area (Å²) in [5, 5.41) is 3.02. The molecule has 11 heavy (non-hydrogen) atoms. The Labute approximate surface area is 69.7 Å². The molecule has 0 aliphatic carbocycles. The molecule has 0 fully saturated rings. The largest absolute Gasteiger partial charge is 0.364 e. The highest BCUT2D eigenvalue weighted by atomic mass is 16.5. The average Bonchev–Trinajstić information content (AvgIpc) is 1.97. The Morgan fingerprint density at radius 2 is 2.09 bits per heavy atom. The molecule has 1 N–H and O–H groups in total. The molecule has 0 heterocycles. The molecule has 3 nitrogen and oxygen atoms in total. The van der Waals surface area contributed by atoms with Crippen LogP contribution in [-0.4, -0.2) is 45.4 Å². The molecular formula is C8H20N2O. The van der Waals surface area contributed by atoms with Crippen molar-refractivity contribution in [3.63, 3.8) is 0 Å². The zero-order valence-electron chi connectivity index (χ0n) is 8.05. The quantitative estimate of drug-likeness (QED) is 0.453. The van der Waals surface area contributed by atoms with Gasteiger partial charge in [0.2, 0.25) is 0 Å². The van der Waals surface area contributed by atoms with Gasteiger partial charge in [-0.15, -0.1) is 0 Å². The smallest absolute Gasteiger partial charge is 0.105 e. The van der Waals surface area contributed by atoms with Gasteiger partial charge in [-0.2, -0.15) is 0 Å². The minimum Gasteiger partial charge on any atom is -0.364 e. The van der Waals surface area contributed by atoms with Crippen LogP contribution in [0.4, 0.5) is 0 Å². The molecule has 0 aromatic heterocycles. The van der Waals surface area contributed by atoms with Crippen LogP contribution in [0.25, 0.3) is 0 Å². The van der Waals surface area contributed by atoms with Crippen LogP contribution in [0.15, 0.2) is 0 Å². The van der Waals surface area contributed by atoms with Crippen molar-refractivity contribution in [3.05, 3.63) is 0 Å². The van der Waals surface area contributed by atoms with E-state index in [1.807, 2.05) is 14.0 Å². The van der Waals surface area contributed by atoms with Gasteiger partial charge in [-0.3, -0.25) is 5.32 Å². The Kier molecular flexibility index (Phi) is 6.51. The first kappa shape index (κ1) is 10.9. The third kappa shape index (κ3) is 7.78. The highest BCUT2D eigenvalue weighted by molar-refractivity contribution is 4.45. The molecular weight excluding hydrogens is 140 g/mol. The van der Waals surface area contributed by atoms with Gasteiger partial charge < -0.3 is 9.64 Å². The zero-order valence-corrected chi connectivity index (χ0v) is 8.05. The molecule has 0 aliphatic rings. The van der Waals surface area contributed by atoms with E-state index in [9.17, 15) is 0 Å². The average molecular weight is 160 g/mol. The maximum Gasteiger partial charge on any atom is 0.105 e. The van der Waals surface area contributed by atoms with Crippen LogP contribution in [0, 0.1) is 0 Å². The van der Waals surface area contributed by atoms with Crippen LogP contribution < -0.4 is 5.32 Å². The molecule has 0 saturated heterocycles. The standard InChI is InChI=1S/C8H20N2O/c1-8(9-2)11-7-5-6-10(3)4/h8-9H,5-7H2,1-4H3. The second kappa shape index (κ2) is 6.58. The second-order valence-corrected chi connectivity index (χ2v) is 2.96. The van der Waals surface area contributed by atoms with Gasteiger partial charge in [0.25, 0.3) is 0 Å². The van der Waals surface area contributed by atoms with Crippen LogP contribution in [0.1, 0.15) is 13.3 Å². The molecule has 0 saturated carbocycles. The van der Waals surface area contributed by atoms with Crippen LogP contribution in [0.5, 0.6) is 0 Å². The van der Waals surface area contributed by atoms with E-state index in [1.165, 1.54) is 0 Å². The zero-order chi connectivity index (χ0) is 8.69. The van der Waals surface area contributed by atoms with E-state index in [-0.39, 0.29) is 6.23 Å². The van der Waals surface area contributed by atoms with Crippen molar-refractivity contribution in [1.29, 1.82) is 0 Å². The first-order chi connectivity index (χ1) is 5.16. The fourth-order valence-electron chi connectivity index (χ4n) is 0.724. The minimum atomic E-state index is 0.178. The Morgan fingerprint density at radius 3 is 2.55 bits per heavy atom. The predicted octanol–water partition coefficient (Wildman–Crippen LogP) is 0.520. The van der Waals surface area contributed by atoms with Crippen LogP contribution in [-0.2, 0) is 4.74 Å². The molecule has 1 atom stereocenters. The fourth-order valence-corrected chi connectivity index (χ4v) is 0.724. The summed E-state index contributed by atoms with van der Waals surface area (Å²) >= 11 is 0. The van der Waals surface area contributed by atoms with Gasteiger partial charge in [0, 0.05) is 6.61 Å². The number of hydrogen-bond acceptors (Lipinski definition) is 3. The summed E-state index contributed by atoms with van der Waals surface area (Å²) in [6.45, 7) is 3.94. The third-order valence-electron chi connectivity index (χ3n) is 1.52. The van der Waals surface area contributed by atoms with Gasteiger partial charge in [-0.05, 0) is 41.0 Å². The van der Waals surface area contributed by atoms with Crippen molar-refractivity contribution in [2.75, 3.05) is 34.3 Å². The van der Waals surface area contributed by atoms with E-state index in [4.69, 9.17) is 4.74 Å². The molecule has 0 aromatic carbocycles. The molecule has 0 bridgehead atoms. The molecule has 1 unspecified atom stereocenters. The van der Waals surface area contributed by atoms with E-state index in [0.29, 0.717) is 0 Å².